The summed E-state index contributed by atoms with van der Waals surface area (Å²) < 4.78 is 0. The van der Waals surface area contributed by atoms with Gasteiger partial charge in [0, 0.05) is 26.1 Å². The van der Waals surface area contributed by atoms with Crippen molar-refractivity contribution in [1.29, 1.82) is 0 Å². The Morgan fingerprint density at radius 2 is 2.12 bits per heavy atom. The predicted octanol–water partition coefficient (Wildman–Crippen LogP) is 0.842. The molecule has 0 aromatic carbocycles. The van der Waals surface area contributed by atoms with Gasteiger partial charge >= 0.3 is 5.97 Å². The Balaban J connectivity index is 2.39. The van der Waals surface area contributed by atoms with Crippen LogP contribution >= 0.6 is 0 Å². The van der Waals surface area contributed by atoms with E-state index in [4.69, 9.17) is 5.11 Å². The molecule has 0 saturated carbocycles. The van der Waals surface area contributed by atoms with Gasteiger partial charge in [0.25, 0.3) is 0 Å². The van der Waals surface area contributed by atoms with E-state index in [-0.39, 0.29) is 5.91 Å². The molecule has 0 spiro atoms. The summed E-state index contributed by atoms with van der Waals surface area (Å²) in [5, 5.41) is 12.0. The van der Waals surface area contributed by atoms with Crippen LogP contribution in [0.1, 0.15) is 39.0 Å². The minimum absolute atomic E-state index is 0.0185. The van der Waals surface area contributed by atoms with Crippen molar-refractivity contribution in [3.05, 3.63) is 0 Å². The van der Waals surface area contributed by atoms with Crippen LogP contribution in [0.3, 0.4) is 0 Å². The molecule has 1 aliphatic heterocycles. The lowest BCUT2D eigenvalue weighted by molar-refractivity contribution is -0.151. The number of hydrogen-bond donors (Lipinski definition) is 2. The molecule has 5 nitrogen and oxygen atoms in total. The molecule has 0 aromatic rings. The van der Waals surface area contributed by atoms with Gasteiger partial charge in [-0.25, -0.2) is 4.79 Å². The van der Waals surface area contributed by atoms with Crippen LogP contribution in [0, 0.1) is 0 Å². The smallest absolute Gasteiger partial charge is 0.327 e. The fourth-order valence-corrected chi connectivity index (χ4v) is 2.07. The van der Waals surface area contributed by atoms with Crippen LogP contribution < -0.4 is 5.32 Å². The Morgan fingerprint density at radius 1 is 1.35 bits per heavy atom. The third-order valence-corrected chi connectivity index (χ3v) is 3.09. The SMILES string of the molecule is CCCCCCC(=O)N1CCNCC1C(=O)O. The van der Waals surface area contributed by atoms with Crippen molar-refractivity contribution >= 4 is 11.9 Å². The van der Waals surface area contributed by atoms with Crippen molar-refractivity contribution in [2.24, 2.45) is 0 Å². The second-order valence-corrected chi connectivity index (χ2v) is 4.46. The van der Waals surface area contributed by atoms with E-state index >= 15 is 0 Å². The van der Waals surface area contributed by atoms with Gasteiger partial charge in [-0.2, -0.15) is 0 Å². The molecule has 1 rings (SSSR count). The van der Waals surface area contributed by atoms with E-state index in [0.717, 1.165) is 25.7 Å². The second kappa shape index (κ2) is 7.27. The van der Waals surface area contributed by atoms with Crippen LogP contribution in [-0.4, -0.2) is 47.6 Å². The minimum Gasteiger partial charge on any atom is -0.480 e. The Bertz CT molecular complexity index is 268. The maximum atomic E-state index is 11.9. The second-order valence-electron chi connectivity index (χ2n) is 4.46. The van der Waals surface area contributed by atoms with Gasteiger partial charge in [0.05, 0.1) is 0 Å². The number of rotatable bonds is 6. The number of amides is 1. The van der Waals surface area contributed by atoms with E-state index in [1.54, 1.807) is 0 Å². The van der Waals surface area contributed by atoms with E-state index in [0.29, 0.717) is 26.1 Å². The quantitative estimate of drug-likeness (QED) is 0.677. The van der Waals surface area contributed by atoms with Crippen molar-refractivity contribution in [2.45, 2.75) is 45.1 Å². The molecule has 0 radical (unpaired) electrons. The zero-order valence-corrected chi connectivity index (χ0v) is 10.4. The molecule has 0 aliphatic carbocycles. The van der Waals surface area contributed by atoms with E-state index in [1.807, 2.05) is 0 Å². The number of unbranched alkanes of at least 4 members (excludes halogenated alkanes) is 3. The van der Waals surface area contributed by atoms with Gasteiger partial charge in [-0.15, -0.1) is 0 Å². The molecule has 17 heavy (non-hydrogen) atoms. The molecule has 0 bridgehead atoms. The maximum Gasteiger partial charge on any atom is 0.327 e. The largest absolute Gasteiger partial charge is 0.480 e. The summed E-state index contributed by atoms with van der Waals surface area (Å²) in [7, 11) is 0. The van der Waals surface area contributed by atoms with E-state index in [1.165, 1.54) is 4.90 Å². The van der Waals surface area contributed by atoms with Crippen LogP contribution in [0.15, 0.2) is 0 Å². The van der Waals surface area contributed by atoms with Crippen LogP contribution in [0.2, 0.25) is 0 Å². The third kappa shape index (κ3) is 4.34. The fourth-order valence-electron chi connectivity index (χ4n) is 2.07. The first-order chi connectivity index (χ1) is 8.16. The fraction of sp³-hybridized carbons (Fsp3) is 0.833. The van der Waals surface area contributed by atoms with Gasteiger partial charge in [0.1, 0.15) is 6.04 Å². The van der Waals surface area contributed by atoms with Gasteiger partial charge in [0.15, 0.2) is 0 Å². The molecule has 1 fully saturated rings. The number of carboxylic acids is 1. The van der Waals surface area contributed by atoms with Crippen LogP contribution in [-0.2, 0) is 9.59 Å². The molecule has 0 aromatic heterocycles. The summed E-state index contributed by atoms with van der Waals surface area (Å²) in [5.41, 5.74) is 0. The summed E-state index contributed by atoms with van der Waals surface area (Å²) in [5.74, 6) is -0.936. The van der Waals surface area contributed by atoms with Crippen molar-refractivity contribution in [1.82, 2.24) is 10.2 Å². The first-order valence-corrected chi connectivity index (χ1v) is 6.39. The number of carbonyl (C=O) groups excluding carboxylic acids is 1. The van der Waals surface area contributed by atoms with Gasteiger partial charge in [-0.3, -0.25) is 4.79 Å². The highest BCUT2D eigenvalue weighted by atomic mass is 16.4. The van der Waals surface area contributed by atoms with Gasteiger partial charge in [-0.05, 0) is 6.42 Å². The molecule has 2 N–H and O–H groups in total. The number of aliphatic carboxylic acids is 1. The molecule has 98 valence electrons. The maximum absolute atomic E-state index is 11.9. The minimum atomic E-state index is -0.917. The molecular formula is C12H22N2O3. The number of carbonyl (C=O) groups is 2. The van der Waals surface area contributed by atoms with E-state index < -0.39 is 12.0 Å². The van der Waals surface area contributed by atoms with Crippen LogP contribution in [0.4, 0.5) is 0 Å². The van der Waals surface area contributed by atoms with Crippen LogP contribution in [0.25, 0.3) is 0 Å². The highest BCUT2D eigenvalue weighted by Gasteiger charge is 2.31. The lowest BCUT2D eigenvalue weighted by atomic mass is 10.1. The average molecular weight is 242 g/mol. The molecule has 5 heteroatoms. The zero-order chi connectivity index (χ0) is 12.7. The van der Waals surface area contributed by atoms with E-state index in [9.17, 15) is 9.59 Å². The number of hydrogen-bond acceptors (Lipinski definition) is 3. The van der Waals surface area contributed by atoms with Crippen molar-refractivity contribution in [2.75, 3.05) is 19.6 Å². The topological polar surface area (TPSA) is 69.6 Å². The van der Waals surface area contributed by atoms with Crippen molar-refractivity contribution in [3.63, 3.8) is 0 Å². The highest BCUT2D eigenvalue weighted by Crippen LogP contribution is 2.10. The molecule has 1 amide bonds. The lowest BCUT2D eigenvalue weighted by Gasteiger charge is -2.33. The number of nitrogens with one attached hydrogen (secondary N) is 1. The standard InChI is InChI=1S/C12H22N2O3/c1-2-3-4-5-6-11(15)14-8-7-13-9-10(14)12(16)17/h10,13H,2-9H2,1H3,(H,16,17). The predicted molar refractivity (Wildman–Crippen MR) is 64.8 cm³/mol. The third-order valence-electron chi connectivity index (χ3n) is 3.09. The lowest BCUT2D eigenvalue weighted by Crippen LogP contribution is -2.56. The summed E-state index contributed by atoms with van der Waals surface area (Å²) in [6.45, 7) is 3.67. The first-order valence-electron chi connectivity index (χ1n) is 6.39. The molecule has 1 unspecified atom stereocenters. The van der Waals surface area contributed by atoms with Crippen molar-refractivity contribution < 1.29 is 14.7 Å². The number of nitrogens with zero attached hydrogens (tertiary/aromatic N) is 1. The van der Waals surface area contributed by atoms with Crippen LogP contribution in [0.5, 0.6) is 0 Å². The summed E-state index contributed by atoms with van der Waals surface area (Å²) in [4.78, 5) is 24.4. The molecule has 1 saturated heterocycles. The Labute approximate surface area is 102 Å². The van der Waals surface area contributed by atoms with Gasteiger partial charge in [0.2, 0.25) is 5.91 Å². The average Bonchev–Trinajstić information content (AvgIpc) is 2.34. The Kier molecular flexibility index (Phi) is 5.97. The number of carboxylic acid groups (broad SMARTS) is 1. The summed E-state index contributed by atoms with van der Waals surface area (Å²) >= 11 is 0. The summed E-state index contributed by atoms with van der Waals surface area (Å²) in [6.07, 6.45) is 4.66. The van der Waals surface area contributed by atoms with Crippen molar-refractivity contribution in [3.8, 4) is 0 Å². The van der Waals surface area contributed by atoms with E-state index in [2.05, 4.69) is 12.2 Å². The Morgan fingerprint density at radius 3 is 2.76 bits per heavy atom. The molecule has 1 atom stereocenters. The molecule has 1 aliphatic rings. The zero-order valence-electron chi connectivity index (χ0n) is 10.4. The monoisotopic (exact) mass is 242 g/mol. The first kappa shape index (κ1) is 14.0. The number of piperazine rings is 1. The molecule has 1 heterocycles. The van der Waals surface area contributed by atoms with Gasteiger partial charge in [-0.1, -0.05) is 26.2 Å². The summed E-state index contributed by atoms with van der Waals surface area (Å²) in [6, 6.07) is -0.692. The highest BCUT2D eigenvalue weighted by molar-refractivity contribution is 5.84. The molecular weight excluding hydrogens is 220 g/mol. The normalized spacial score (nSPS) is 20.3. The Hall–Kier alpha value is -1.10. The van der Waals surface area contributed by atoms with Gasteiger partial charge < -0.3 is 15.3 Å².